The molecule has 0 saturated heterocycles. The van der Waals surface area contributed by atoms with Crippen molar-refractivity contribution in [3.05, 3.63) is 53.1 Å². The van der Waals surface area contributed by atoms with Gasteiger partial charge in [0.15, 0.2) is 5.65 Å². The molecule has 3 aromatic rings. The molecule has 0 amide bonds. The molecule has 0 bridgehead atoms. The van der Waals surface area contributed by atoms with Crippen LogP contribution in [-0.4, -0.2) is 14.6 Å². The van der Waals surface area contributed by atoms with E-state index in [-0.39, 0.29) is 5.82 Å². The molecular formula is C13H9ClFN3. The first kappa shape index (κ1) is 11.2. The first-order valence-electron chi connectivity index (χ1n) is 5.42. The molecule has 5 heteroatoms. The Balaban J connectivity index is 2.31. The highest BCUT2D eigenvalue weighted by Crippen LogP contribution is 2.24. The molecule has 0 aliphatic heterocycles. The molecular weight excluding hydrogens is 253 g/mol. The van der Waals surface area contributed by atoms with Crippen LogP contribution in [0.25, 0.3) is 16.9 Å². The van der Waals surface area contributed by atoms with Gasteiger partial charge in [-0.1, -0.05) is 23.7 Å². The van der Waals surface area contributed by atoms with Crippen LogP contribution in [0.15, 0.2) is 36.5 Å². The van der Waals surface area contributed by atoms with E-state index >= 15 is 0 Å². The highest BCUT2D eigenvalue weighted by atomic mass is 35.5. The van der Waals surface area contributed by atoms with Crippen molar-refractivity contribution in [1.82, 2.24) is 14.6 Å². The van der Waals surface area contributed by atoms with E-state index in [0.29, 0.717) is 21.9 Å². The van der Waals surface area contributed by atoms with Crippen LogP contribution in [0.3, 0.4) is 0 Å². The third-order valence-corrected chi connectivity index (χ3v) is 3.02. The molecule has 0 atom stereocenters. The average molecular weight is 262 g/mol. The van der Waals surface area contributed by atoms with Gasteiger partial charge in [-0.3, -0.25) is 0 Å². The van der Waals surface area contributed by atoms with Crippen molar-refractivity contribution in [3.63, 3.8) is 0 Å². The number of aryl methyl sites for hydroxylation is 1. The molecule has 90 valence electrons. The van der Waals surface area contributed by atoms with E-state index < -0.39 is 0 Å². The van der Waals surface area contributed by atoms with Gasteiger partial charge in [-0.05, 0) is 25.1 Å². The number of hydrogen-bond donors (Lipinski definition) is 0. The van der Waals surface area contributed by atoms with E-state index in [1.54, 1.807) is 28.8 Å². The van der Waals surface area contributed by atoms with Gasteiger partial charge in [-0.2, -0.15) is 5.10 Å². The van der Waals surface area contributed by atoms with Gasteiger partial charge >= 0.3 is 0 Å². The normalized spacial score (nSPS) is 11.1. The van der Waals surface area contributed by atoms with Gasteiger partial charge in [-0.15, -0.1) is 0 Å². The minimum absolute atomic E-state index is 0.301. The summed E-state index contributed by atoms with van der Waals surface area (Å²) in [5.41, 5.74) is 2.40. The number of halogens is 2. The number of rotatable bonds is 1. The molecule has 0 aliphatic carbocycles. The highest BCUT2D eigenvalue weighted by Gasteiger charge is 2.11. The van der Waals surface area contributed by atoms with E-state index in [2.05, 4.69) is 10.1 Å². The fraction of sp³-hybridized carbons (Fsp3) is 0.0769. The Hall–Kier alpha value is -1.94. The van der Waals surface area contributed by atoms with Crippen LogP contribution >= 0.6 is 11.6 Å². The highest BCUT2D eigenvalue weighted by molar-refractivity contribution is 6.33. The largest absolute Gasteiger partial charge is 0.227 e. The molecule has 0 spiro atoms. The van der Waals surface area contributed by atoms with E-state index in [1.165, 1.54) is 12.3 Å². The Morgan fingerprint density at radius 1 is 1.28 bits per heavy atom. The van der Waals surface area contributed by atoms with E-state index in [4.69, 9.17) is 11.6 Å². The van der Waals surface area contributed by atoms with E-state index in [1.807, 2.05) is 6.92 Å². The van der Waals surface area contributed by atoms with Gasteiger partial charge in [0.05, 0.1) is 11.9 Å². The zero-order valence-corrected chi connectivity index (χ0v) is 10.3. The molecule has 0 unspecified atom stereocenters. The number of hydrogen-bond acceptors (Lipinski definition) is 2. The molecule has 18 heavy (non-hydrogen) atoms. The lowest BCUT2D eigenvalue weighted by Gasteiger charge is -2.05. The molecule has 0 saturated carbocycles. The summed E-state index contributed by atoms with van der Waals surface area (Å²) in [6.45, 7) is 1.88. The minimum atomic E-state index is -0.301. The third kappa shape index (κ3) is 1.66. The Morgan fingerprint density at radius 2 is 2.06 bits per heavy atom. The Labute approximate surface area is 108 Å². The van der Waals surface area contributed by atoms with Crippen molar-refractivity contribution in [2.75, 3.05) is 0 Å². The predicted octanol–water partition coefficient (Wildman–Crippen LogP) is 3.50. The maximum Gasteiger partial charge on any atom is 0.174 e. The summed E-state index contributed by atoms with van der Waals surface area (Å²) in [6, 6.07) is 8.31. The molecule has 2 aromatic heterocycles. The van der Waals surface area contributed by atoms with E-state index in [0.717, 1.165) is 5.69 Å². The van der Waals surface area contributed by atoms with Crippen LogP contribution in [0, 0.1) is 12.7 Å². The number of fused-ring (bicyclic) bond motifs is 1. The quantitative estimate of drug-likeness (QED) is 0.671. The van der Waals surface area contributed by atoms with Crippen LogP contribution in [0.5, 0.6) is 0 Å². The van der Waals surface area contributed by atoms with Crippen molar-refractivity contribution in [2.45, 2.75) is 6.92 Å². The smallest absolute Gasteiger partial charge is 0.174 e. The Bertz CT molecular complexity index is 736. The lowest BCUT2D eigenvalue weighted by atomic mass is 10.1. The summed E-state index contributed by atoms with van der Waals surface area (Å²) >= 11 is 6.00. The standard InChI is InChI=1S/C13H9ClFN3/c1-8-6-12(9-4-2-3-5-11(9)15)17-13-10(14)7-16-18(8)13/h2-7H,1H3. The molecule has 3 rings (SSSR count). The first-order valence-corrected chi connectivity index (χ1v) is 5.80. The summed E-state index contributed by atoms with van der Waals surface area (Å²) in [7, 11) is 0. The van der Waals surface area contributed by atoms with Crippen molar-refractivity contribution < 1.29 is 4.39 Å². The van der Waals surface area contributed by atoms with Crippen molar-refractivity contribution >= 4 is 17.2 Å². The molecule has 3 nitrogen and oxygen atoms in total. The maximum absolute atomic E-state index is 13.7. The van der Waals surface area contributed by atoms with Crippen LogP contribution in [-0.2, 0) is 0 Å². The van der Waals surface area contributed by atoms with Gasteiger partial charge in [0, 0.05) is 11.3 Å². The summed E-state index contributed by atoms with van der Waals surface area (Å²) < 4.78 is 15.4. The lowest BCUT2D eigenvalue weighted by molar-refractivity contribution is 0.630. The molecule has 0 N–H and O–H groups in total. The van der Waals surface area contributed by atoms with Crippen LogP contribution < -0.4 is 0 Å². The number of aromatic nitrogens is 3. The van der Waals surface area contributed by atoms with Crippen LogP contribution in [0.4, 0.5) is 4.39 Å². The van der Waals surface area contributed by atoms with Crippen LogP contribution in [0.2, 0.25) is 5.02 Å². The van der Waals surface area contributed by atoms with Crippen molar-refractivity contribution in [2.24, 2.45) is 0 Å². The van der Waals surface area contributed by atoms with Gasteiger partial charge in [0.2, 0.25) is 0 Å². The van der Waals surface area contributed by atoms with Gasteiger partial charge in [0.25, 0.3) is 0 Å². The zero-order chi connectivity index (χ0) is 12.7. The third-order valence-electron chi connectivity index (χ3n) is 2.76. The topological polar surface area (TPSA) is 30.2 Å². The predicted molar refractivity (Wildman–Crippen MR) is 68.1 cm³/mol. The molecule has 2 heterocycles. The average Bonchev–Trinajstić information content (AvgIpc) is 2.72. The fourth-order valence-corrected chi connectivity index (χ4v) is 2.06. The summed E-state index contributed by atoms with van der Waals surface area (Å²) in [6.07, 6.45) is 1.53. The SMILES string of the molecule is Cc1cc(-c2ccccc2F)nc2c(Cl)cnn12. The molecule has 0 aliphatic rings. The second kappa shape index (κ2) is 4.07. The summed E-state index contributed by atoms with van der Waals surface area (Å²) in [5.74, 6) is -0.301. The number of nitrogens with zero attached hydrogens (tertiary/aromatic N) is 3. The van der Waals surface area contributed by atoms with Gasteiger partial charge in [-0.25, -0.2) is 13.9 Å². The zero-order valence-electron chi connectivity index (χ0n) is 9.56. The van der Waals surface area contributed by atoms with Gasteiger partial charge in [0.1, 0.15) is 10.8 Å². The summed E-state index contributed by atoms with van der Waals surface area (Å²) in [4.78, 5) is 4.36. The fourth-order valence-electron chi connectivity index (χ4n) is 1.89. The lowest BCUT2D eigenvalue weighted by Crippen LogP contribution is -1.98. The van der Waals surface area contributed by atoms with Crippen molar-refractivity contribution in [3.8, 4) is 11.3 Å². The maximum atomic E-state index is 13.7. The first-order chi connectivity index (χ1) is 8.66. The molecule has 0 fully saturated rings. The van der Waals surface area contributed by atoms with Crippen molar-refractivity contribution in [1.29, 1.82) is 0 Å². The summed E-state index contributed by atoms with van der Waals surface area (Å²) in [5, 5.41) is 4.56. The molecule has 0 radical (unpaired) electrons. The van der Waals surface area contributed by atoms with Gasteiger partial charge < -0.3 is 0 Å². The second-order valence-electron chi connectivity index (χ2n) is 3.99. The monoisotopic (exact) mass is 261 g/mol. The molecule has 1 aromatic carbocycles. The van der Waals surface area contributed by atoms with Crippen LogP contribution in [0.1, 0.15) is 5.69 Å². The number of benzene rings is 1. The Morgan fingerprint density at radius 3 is 2.83 bits per heavy atom. The minimum Gasteiger partial charge on any atom is -0.227 e. The van der Waals surface area contributed by atoms with E-state index in [9.17, 15) is 4.39 Å². The Kier molecular flexibility index (Phi) is 2.52. The second-order valence-corrected chi connectivity index (χ2v) is 4.40.